The van der Waals surface area contributed by atoms with E-state index < -0.39 is 5.91 Å². The molecule has 30 heavy (non-hydrogen) atoms. The summed E-state index contributed by atoms with van der Waals surface area (Å²) in [6.45, 7) is 1.85. The Bertz CT molecular complexity index is 1210. The minimum atomic E-state index is -0.459. The number of carbonyl (C=O) groups is 2. The number of halogens is 1. The van der Waals surface area contributed by atoms with Crippen LogP contribution in [0.5, 0.6) is 0 Å². The van der Waals surface area contributed by atoms with E-state index in [9.17, 15) is 9.59 Å². The van der Waals surface area contributed by atoms with Gasteiger partial charge in [0.2, 0.25) is 0 Å². The molecule has 0 aliphatic rings. The van der Waals surface area contributed by atoms with Crippen molar-refractivity contribution in [3.05, 3.63) is 83.0 Å². The maximum atomic E-state index is 12.8. The Labute approximate surface area is 175 Å². The van der Waals surface area contributed by atoms with Crippen molar-refractivity contribution >= 4 is 34.8 Å². The van der Waals surface area contributed by atoms with Crippen LogP contribution in [0.1, 0.15) is 26.5 Å². The maximum absolute atomic E-state index is 12.8. The van der Waals surface area contributed by atoms with Gasteiger partial charge in [0.05, 0.1) is 23.3 Å². The fraction of sp³-hybridized carbons (Fsp3) is 0.0500. The lowest BCUT2D eigenvalue weighted by molar-refractivity contribution is 0.0993. The molecule has 4 rings (SSSR count). The highest BCUT2D eigenvalue weighted by atomic mass is 35.5. The van der Waals surface area contributed by atoms with Crippen molar-refractivity contribution in [2.45, 2.75) is 6.92 Å². The summed E-state index contributed by atoms with van der Waals surface area (Å²) in [5, 5.41) is 17.0. The fourth-order valence-corrected chi connectivity index (χ4v) is 3.01. The standard InChI is InChI=1S/C20H15ClN6O3/c1-12-9-13(4-7-17(12)27-11-22-25-26-27)19(28)23-15-6-5-14(21)10-16(15)24-20(29)18-3-2-8-30-18/h2-11H,1H3,(H,23,28)(H,24,29). The zero-order valence-corrected chi connectivity index (χ0v) is 16.4. The molecule has 0 fully saturated rings. The van der Waals surface area contributed by atoms with Crippen molar-refractivity contribution < 1.29 is 14.0 Å². The number of furan rings is 1. The van der Waals surface area contributed by atoms with Crippen molar-refractivity contribution in [3.63, 3.8) is 0 Å². The fourth-order valence-electron chi connectivity index (χ4n) is 2.84. The van der Waals surface area contributed by atoms with Crippen molar-refractivity contribution in [2.24, 2.45) is 0 Å². The number of nitrogens with zero attached hydrogens (tertiary/aromatic N) is 4. The molecule has 0 aliphatic carbocycles. The van der Waals surface area contributed by atoms with Crippen molar-refractivity contribution in [3.8, 4) is 5.69 Å². The number of rotatable bonds is 5. The van der Waals surface area contributed by atoms with E-state index in [-0.39, 0.29) is 11.7 Å². The first-order chi connectivity index (χ1) is 14.5. The number of nitrogens with one attached hydrogen (secondary N) is 2. The lowest BCUT2D eigenvalue weighted by Gasteiger charge is -2.13. The molecule has 0 spiro atoms. The van der Waals surface area contributed by atoms with Crippen LogP contribution < -0.4 is 10.6 Å². The van der Waals surface area contributed by atoms with Crippen LogP contribution in [0.25, 0.3) is 5.69 Å². The molecule has 150 valence electrons. The van der Waals surface area contributed by atoms with E-state index in [1.54, 1.807) is 42.5 Å². The van der Waals surface area contributed by atoms with Crippen LogP contribution in [0, 0.1) is 6.92 Å². The van der Waals surface area contributed by atoms with Gasteiger partial charge in [-0.15, -0.1) is 5.10 Å². The van der Waals surface area contributed by atoms with Crippen LogP contribution in [0.2, 0.25) is 5.02 Å². The van der Waals surface area contributed by atoms with E-state index in [0.717, 1.165) is 11.3 Å². The third kappa shape index (κ3) is 4.06. The second-order valence-electron chi connectivity index (χ2n) is 6.33. The predicted octanol–water partition coefficient (Wildman–Crippen LogP) is 3.72. The lowest BCUT2D eigenvalue weighted by atomic mass is 10.1. The average molecular weight is 423 g/mol. The zero-order chi connectivity index (χ0) is 21.1. The van der Waals surface area contributed by atoms with E-state index in [1.807, 2.05) is 6.92 Å². The van der Waals surface area contributed by atoms with Crippen LogP contribution in [0.15, 0.2) is 65.5 Å². The highest BCUT2D eigenvalue weighted by Gasteiger charge is 2.15. The molecule has 0 aliphatic heterocycles. The number of carbonyl (C=O) groups excluding carboxylic acids is 2. The third-order valence-electron chi connectivity index (χ3n) is 4.28. The van der Waals surface area contributed by atoms with Gasteiger partial charge in [-0.3, -0.25) is 9.59 Å². The van der Waals surface area contributed by atoms with E-state index in [0.29, 0.717) is 22.0 Å². The second kappa shape index (κ2) is 8.18. The molecule has 0 saturated heterocycles. The molecule has 0 radical (unpaired) electrons. The second-order valence-corrected chi connectivity index (χ2v) is 6.77. The third-order valence-corrected chi connectivity index (χ3v) is 4.51. The zero-order valence-electron chi connectivity index (χ0n) is 15.7. The Morgan fingerprint density at radius 2 is 1.87 bits per heavy atom. The summed E-state index contributed by atoms with van der Waals surface area (Å²) in [6.07, 6.45) is 2.88. The molecule has 4 aromatic rings. The summed E-state index contributed by atoms with van der Waals surface area (Å²) >= 11 is 6.06. The van der Waals surface area contributed by atoms with Gasteiger partial charge in [-0.1, -0.05) is 11.6 Å². The summed E-state index contributed by atoms with van der Waals surface area (Å²) in [6, 6.07) is 13.1. The number of tetrazole rings is 1. The van der Waals surface area contributed by atoms with E-state index in [2.05, 4.69) is 26.2 Å². The number of aryl methyl sites for hydroxylation is 1. The number of benzene rings is 2. The quantitative estimate of drug-likeness (QED) is 0.506. The van der Waals surface area contributed by atoms with Gasteiger partial charge in [-0.05, 0) is 71.4 Å². The van der Waals surface area contributed by atoms with Gasteiger partial charge in [0.1, 0.15) is 6.33 Å². The van der Waals surface area contributed by atoms with Crippen LogP contribution in [-0.4, -0.2) is 32.0 Å². The van der Waals surface area contributed by atoms with Gasteiger partial charge >= 0.3 is 0 Å². The topological polar surface area (TPSA) is 115 Å². The van der Waals surface area contributed by atoms with E-state index in [1.165, 1.54) is 23.3 Å². The normalized spacial score (nSPS) is 10.6. The summed E-state index contributed by atoms with van der Waals surface area (Å²) in [4.78, 5) is 25.1. The molecule has 2 amide bonds. The largest absolute Gasteiger partial charge is 0.459 e. The van der Waals surface area contributed by atoms with E-state index >= 15 is 0 Å². The van der Waals surface area contributed by atoms with Gasteiger partial charge in [0.15, 0.2) is 5.76 Å². The number of hydrogen-bond acceptors (Lipinski definition) is 6. The molecule has 2 aromatic heterocycles. The molecular weight excluding hydrogens is 408 g/mol. The Balaban J connectivity index is 1.56. The Hall–Kier alpha value is -3.98. The van der Waals surface area contributed by atoms with E-state index in [4.69, 9.17) is 16.0 Å². The van der Waals surface area contributed by atoms with Gasteiger partial charge < -0.3 is 15.1 Å². The molecule has 2 aromatic carbocycles. The molecule has 0 atom stereocenters. The van der Waals surface area contributed by atoms with Gasteiger partial charge in [-0.2, -0.15) is 0 Å². The first-order valence-electron chi connectivity index (χ1n) is 8.81. The smallest absolute Gasteiger partial charge is 0.291 e. The van der Waals surface area contributed by atoms with Crippen LogP contribution in [0.3, 0.4) is 0 Å². The number of amides is 2. The highest BCUT2D eigenvalue weighted by Crippen LogP contribution is 2.27. The van der Waals surface area contributed by atoms with Gasteiger partial charge in [0, 0.05) is 10.6 Å². The monoisotopic (exact) mass is 422 g/mol. The van der Waals surface area contributed by atoms with Crippen LogP contribution in [-0.2, 0) is 0 Å². The molecular formula is C20H15ClN6O3. The summed E-state index contributed by atoms with van der Waals surface area (Å²) in [7, 11) is 0. The molecule has 0 saturated carbocycles. The first-order valence-corrected chi connectivity index (χ1v) is 9.19. The Morgan fingerprint density at radius 3 is 2.57 bits per heavy atom. The number of aromatic nitrogens is 4. The average Bonchev–Trinajstić information content (AvgIpc) is 3.44. The summed E-state index contributed by atoms with van der Waals surface area (Å²) in [5.41, 5.74) is 2.75. The summed E-state index contributed by atoms with van der Waals surface area (Å²) in [5.74, 6) is -0.669. The SMILES string of the molecule is Cc1cc(C(=O)Nc2ccc(Cl)cc2NC(=O)c2ccco2)ccc1-n1cnnn1. The minimum absolute atomic E-state index is 0.140. The van der Waals surface area contributed by atoms with Gasteiger partial charge in [-0.25, -0.2) is 4.68 Å². The van der Waals surface area contributed by atoms with Crippen molar-refractivity contribution in [1.82, 2.24) is 20.2 Å². The van der Waals surface area contributed by atoms with Gasteiger partial charge in [0.25, 0.3) is 11.8 Å². The molecule has 2 N–H and O–H groups in total. The maximum Gasteiger partial charge on any atom is 0.291 e. The Morgan fingerprint density at radius 1 is 1.03 bits per heavy atom. The molecule has 0 unspecified atom stereocenters. The number of anilines is 2. The molecule has 0 bridgehead atoms. The first kappa shape index (κ1) is 19.3. The molecule has 9 nitrogen and oxygen atoms in total. The molecule has 2 heterocycles. The Kier molecular flexibility index (Phi) is 5.27. The van der Waals surface area contributed by atoms with Crippen molar-refractivity contribution in [2.75, 3.05) is 10.6 Å². The van der Waals surface area contributed by atoms with Crippen molar-refractivity contribution in [1.29, 1.82) is 0 Å². The highest BCUT2D eigenvalue weighted by molar-refractivity contribution is 6.31. The molecule has 10 heteroatoms. The number of hydrogen-bond donors (Lipinski definition) is 2. The minimum Gasteiger partial charge on any atom is -0.459 e. The summed E-state index contributed by atoms with van der Waals surface area (Å²) < 4.78 is 6.61. The van der Waals surface area contributed by atoms with Crippen LogP contribution in [0.4, 0.5) is 11.4 Å². The van der Waals surface area contributed by atoms with Crippen LogP contribution >= 0.6 is 11.6 Å². The lowest BCUT2D eigenvalue weighted by Crippen LogP contribution is -2.17. The predicted molar refractivity (Wildman–Crippen MR) is 110 cm³/mol.